The molecule has 2 rings (SSSR count). The van der Waals surface area contributed by atoms with Gasteiger partial charge in [0.15, 0.2) is 0 Å². The molecule has 0 aliphatic rings. The monoisotopic (exact) mass is 391 g/mol. The first-order chi connectivity index (χ1) is 12.7. The zero-order valence-corrected chi connectivity index (χ0v) is 16.0. The summed E-state index contributed by atoms with van der Waals surface area (Å²) in [4.78, 5) is 23.1. The van der Waals surface area contributed by atoms with Crippen LogP contribution in [0.25, 0.3) is 0 Å². The normalized spacial score (nSPS) is 12.4. The minimum absolute atomic E-state index is 0.0601. The van der Waals surface area contributed by atoms with Gasteiger partial charge in [-0.2, -0.15) is 0 Å². The Kier molecular flexibility index (Phi) is 6.29. The number of carbonyl (C=O) groups is 1. The van der Waals surface area contributed by atoms with E-state index in [1.165, 1.54) is 30.3 Å². The van der Waals surface area contributed by atoms with Crippen LogP contribution in [0.5, 0.6) is 0 Å². The largest absolute Gasteiger partial charge is 0.322 e. The summed E-state index contributed by atoms with van der Waals surface area (Å²) in [5.74, 6) is -0.640. The molecular weight excluding hydrogens is 370 g/mol. The van der Waals surface area contributed by atoms with Crippen LogP contribution in [-0.4, -0.2) is 25.3 Å². The molecular formula is C18H21N3O5S. The van der Waals surface area contributed by atoms with Gasteiger partial charge in [0.25, 0.3) is 11.6 Å². The van der Waals surface area contributed by atoms with E-state index in [1.807, 2.05) is 6.92 Å². The fourth-order valence-corrected chi connectivity index (χ4v) is 3.74. The fourth-order valence-electron chi connectivity index (χ4n) is 2.42. The van der Waals surface area contributed by atoms with Gasteiger partial charge >= 0.3 is 0 Å². The summed E-state index contributed by atoms with van der Waals surface area (Å²) in [5.41, 5.74) is 0.394. The van der Waals surface area contributed by atoms with Crippen molar-refractivity contribution in [3.05, 3.63) is 63.7 Å². The summed E-state index contributed by atoms with van der Waals surface area (Å²) in [6, 6.07) is 9.89. The number of aryl methyl sites for hydroxylation is 1. The smallest absolute Gasteiger partial charge is 0.285 e. The van der Waals surface area contributed by atoms with Crippen molar-refractivity contribution in [3.63, 3.8) is 0 Å². The summed E-state index contributed by atoms with van der Waals surface area (Å²) >= 11 is 0. The number of sulfonamides is 1. The molecule has 27 heavy (non-hydrogen) atoms. The molecule has 0 saturated carbocycles. The first kappa shape index (κ1) is 20.5. The summed E-state index contributed by atoms with van der Waals surface area (Å²) < 4.78 is 27.0. The molecule has 0 aromatic heterocycles. The quantitative estimate of drug-likeness (QED) is 0.555. The number of anilines is 1. The molecule has 0 bridgehead atoms. The highest BCUT2D eigenvalue weighted by molar-refractivity contribution is 7.89. The Morgan fingerprint density at radius 2 is 1.81 bits per heavy atom. The number of amides is 1. The molecule has 8 nitrogen and oxygen atoms in total. The lowest BCUT2D eigenvalue weighted by Gasteiger charge is -2.12. The zero-order valence-electron chi connectivity index (χ0n) is 15.2. The van der Waals surface area contributed by atoms with Crippen LogP contribution in [0.4, 0.5) is 11.4 Å². The molecule has 1 atom stereocenters. The molecule has 0 saturated heterocycles. The summed E-state index contributed by atoms with van der Waals surface area (Å²) in [5, 5.41) is 13.8. The van der Waals surface area contributed by atoms with Gasteiger partial charge < -0.3 is 5.32 Å². The number of para-hydroxylation sites is 1. The van der Waals surface area contributed by atoms with Crippen molar-refractivity contribution in [2.45, 2.75) is 38.1 Å². The lowest BCUT2D eigenvalue weighted by molar-refractivity contribution is -0.385. The molecule has 144 valence electrons. The van der Waals surface area contributed by atoms with Gasteiger partial charge in [0, 0.05) is 17.3 Å². The van der Waals surface area contributed by atoms with Crippen molar-refractivity contribution in [3.8, 4) is 0 Å². The molecule has 1 amide bonds. The number of nitrogens with one attached hydrogen (secondary N) is 2. The second-order valence-corrected chi connectivity index (χ2v) is 7.85. The van der Waals surface area contributed by atoms with Crippen molar-refractivity contribution in [1.82, 2.24) is 4.72 Å². The summed E-state index contributed by atoms with van der Waals surface area (Å²) in [6.45, 7) is 5.19. The van der Waals surface area contributed by atoms with Gasteiger partial charge in [-0.3, -0.25) is 14.9 Å². The lowest BCUT2D eigenvalue weighted by Crippen LogP contribution is -2.31. The highest BCUT2D eigenvalue weighted by Gasteiger charge is 2.22. The third-order valence-corrected chi connectivity index (χ3v) is 5.66. The maximum atomic E-state index is 12.4. The summed E-state index contributed by atoms with van der Waals surface area (Å²) in [7, 11) is -3.64. The molecule has 0 radical (unpaired) electrons. The van der Waals surface area contributed by atoms with E-state index in [1.54, 1.807) is 26.0 Å². The number of nitrogens with zero attached hydrogens (tertiary/aromatic N) is 1. The lowest BCUT2D eigenvalue weighted by atomic mass is 10.1. The van der Waals surface area contributed by atoms with Crippen LogP contribution in [0.2, 0.25) is 0 Å². The maximum Gasteiger partial charge on any atom is 0.285 e. The van der Waals surface area contributed by atoms with Gasteiger partial charge in [-0.25, -0.2) is 13.1 Å². The van der Waals surface area contributed by atoms with E-state index in [4.69, 9.17) is 0 Å². The minimum Gasteiger partial charge on any atom is -0.322 e. The van der Waals surface area contributed by atoms with E-state index >= 15 is 0 Å². The van der Waals surface area contributed by atoms with Gasteiger partial charge in [-0.05, 0) is 50.6 Å². The second-order valence-electron chi connectivity index (χ2n) is 6.14. The van der Waals surface area contributed by atoms with Crippen molar-refractivity contribution in [2.75, 3.05) is 5.32 Å². The van der Waals surface area contributed by atoms with Crippen LogP contribution >= 0.6 is 0 Å². The Hall–Kier alpha value is -2.78. The minimum atomic E-state index is -3.64. The van der Waals surface area contributed by atoms with Gasteiger partial charge in [0.2, 0.25) is 10.0 Å². The Labute approximate surface area is 157 Å². The van der Waals surface area contributed by atoms with E-state index in [-0.39, 0.29) is 22.2 Å². The van der Waals surface area contributed by atoms with Crippen LogP contribution in [-0.2, 0) is 10.0 Å². The Balaban J connectivity index is 2.22. The standard InChI is InChI=1S/C18H21N3O5S/c1-4-13(3)20-27(25,26)15-10-8-14(9-11-15)19-18(22)16-7-5-6-12(2)17(16)21(23)24/h5-11,13,20H,4H2,1-3H3,(H,19,22). The number of hydrogen-bond acceptors (Lipinski definition) is 5. The number of nitro benzene ring substituents is 1. The molecule has 0 aliphatic carbocycles. The highest BCUT2D eigenvalue weighted by atomic mass is 32.2. The average Bonchev–Trinajstić information content (AvgIpc) is 2.61. The topological polar surface area (TPSA) is 118 Å². The Morgan fingerprint density at radius 1 is 1.19 bits per heavy atom. The molecule has 0 heterocycles. The third-order valence-electron chi connectivity index (χ3n) is 4.06. The molecule has 2 aromatic rings. The summed E-state index contributed by atoms with van der Waals surface area (Å²) in [6.07, 6.45) is 0.655. The molecule has 2 N–H and O–H groups in total. The Morgan fingerprint density at radius 3 is 2.37 bits per heavy atom. The number of nitro groups is 1. The van der Waals surface area contributed by atoms with Crippen LogP contribution < -0.4 is 10.0 Å². The van der Waals surface area contributed by atoms with Crippen LogP contribution in [0.1, 0.15) is 36.2 Å². The van der Waals surface area contributed by atoms with Crippen LogP contribution in [0.3, 0.4) is 0 Å². The number of hydrogen-bond donors (Lipinski definition) is 2. The van der Waals surface area contributed by atoms with Crippen LogP contribution in [0.15, 0.2) is 47.4 Å². The van der Waals surface area contributed by atoms with E-state index in [0.29, 0.717) is 17.7 Å². The Bertz CT molecular complexity index is 955. The maximum absolute atomic E-state index is 12.4. The fraction of sp³-hybridized carbons (Fsp3) is 0.278. The second kappa shape index (κ2) is 8.28. The first-order valence-corrected chi connectivity index (χ1v) is 9.81. The van der Waals surface area contributed by atoms with E-state index in [0.717, 1.165) is 0 Å². The molecule has 0 spiro atoms. The molecule has 2 aromatic carbocycles. The van der Waals surface area contributed by atoms with Gasteiger partial charge in [0.05, 0.1) is 9.82 Å². The highest BCUT2D eigenvalue weighted by Crippen LogP contribution is 2.24. The van der Waals surface area contributed by atoms with Crippen LogP contribution in [0, 0.1) is 17.0 Å². The number of benzene rings is 2. The average molecular weight is 391 g/mol. The third kappa shape index (κ3) is 4.89. The SMILES string of the molecule is CCC(C)NS(=O)(=O)c1ccc(NC(=O)c2cccc(C)c2[N+](=O)[O-])cc1. The predicted molar refractivity (Wildman–Crippen MR) is 102 cm³/mol. The number of rotatable bonds is 7. The predicted octanol–water partition coefficient (Wildman–Crippen LogP) is 3.23. The number of carbonyl (C=O) groups excluding carboxylic acids is 1. The zero-order chi connectivity index (χ0) is 20.2. The van der Waals surface area contributed by atoms with E-state index in [2.05, 4.69) is 10.0 Å². The van der Waals surface area contributed by atoms with Gasteiger partial charge in [-0.15, -0.1) is 0 Å². The van der Waals surface area contributed by atoms with Gasteiger partial charge in [-0.1, -0.05) is 19.1 Å². The van der Waals surface area contributed by atoms with E-state index < -0.39 is 20.9 Å². The van der Waals surface area contributed by atoms with Gasteiger partial charge in [0.1, 0.15) is 5.56 Å². The van der Waals surface area contributed by atoms with Crippen molar-refractivity contribution in [2.24, 2.45) is 0 Å². The first-order valence-electron chi connectivity index (χ1n) is 8.33. The molecule has 1 unspecified atom stereocenters. The molecule has 9 heteroatoms. The van der Waals surface area contributed by atoms with Crippen molar-refractivity contribution >= 4 is 27.3 Å². The van der Waals surface area contributed by atoms with Crippen molar-refractivity contribution < 1.29 is 18.1 Å². The molecule has 0 fully saturated rings. The van der Waals surface area contributed by atoms with Crippen molar-refractivity contribution in [1.29, 1.82) is 0 Å². The van der Waals surface area contributed by atoms with E-state index in [9.17, 15) is 23.3 Å². The molecule has 0 aliphatic heterocycles.